The van der Waals surface area contributed by atoms with Crippen LogP contribution in [0.1, 0.15) is 15.9 Å². The summed E-state index contributed by atoms with van der Waals surface area (Å²) in [5, 5.41) is 8.40. The van der Waals surface area contributed by atoms with Crippen LogP contribution in [0.2, 0.25) is 5.02 Å². The highest BCUT2D eigenvalue weighted by molar-refractivity contribution is 7.85. The third kappa shape index (κ3) is 6.42. The number of likely N-dealkylation sites (N-methyl/N-ethyl adjacent to an activating group) is 2. The molecule has 4 aromatic rings. The largest absolute Gasteiger partial charge is 0.497 e. The molecule has 14 heteroatoms. The van der Waals surface area contributed by atoms with Gasteiger partial charge in [0, 0.05) is 38.6 Å². The van der Waals surface area contributed by atoms with Gasteiger partial charge in [0.05, 0.1) is 46.0 Å². The molecule has 1 aromatic heterocycles. The van der Waals surface area contributed by atoms with Gasteiger partial charge in [-0.15, -0.1) is 0 Å². The fraction of sp³-hybridized carbons (Fsp3) is 0.250. The Labute approximate surface area is 247 Å². The third-order valence-corrected chi connectivity index (χ3v) is 7.35. The lowest BCUT2D eigenvalue weighted by atomic mass is 10.0. The van der Waals surface area contributed by atoms with Crippen molar-refractivity contribution in [2.45, 2.75) is 12.5 Å². The fourth-order valence-corrected chi connectivity index (χ4v) is 5.32. The molecule has 0 amide bonds. The number of nitrogens with zero attached hydrogens (tertiary/aromatic N) is 4. The number of amidine groups is 1. The van der Waals surface area contributed by atoms with Crippen molar-refractivity contribution in [2.24, 2.45) is 12.0 Å². The lowest BCUT2D eigenvalue weighted by molar-refractivity contribution is 0.112. The minimum absolute atomic E-state index is 0.0201. The van der Waals surface area contributed by atoms with Gasteiger partial charge in [-0.25, -0.2) is 22.4 Å². The topological polar surface area (TPSA) is 101 Å². The average Bonchev–Trinajstić information content (AvgIpc) is 3.25. The first kappa shape index (κ1) is 31.0. The zero-order valence-corrected chi connectivity index (χ0v) is 24.9. The number of hydrogen-bond donors (Lipinski definition) is 2. The molecule has 0 aliphatic rings. The van der Waals surface area contributed by atoms with Gasteiger partial charge in [-0.2, -0.15) is 5.10 Å². The zero-order chi connectivity index (χ0) is 30.7. The second kappa shape index (κ2) is 12.9. The molecule has 0 aliphatic heterocycles. The number of ether oxygens (including phenoxy) is 1. The highest BCUT2D eigenvalue weighted by Crippen LogP contribution is 2.37. The molecule has 3 aromatic carbocycles. The van der Waals surface area contributed by atoms with Gasteiger partial charge in [0.25, 0.3) is 0 Å². The molecule has 0 saturated carbocycles. The van der Waals surface area contributed by atoms with Crippen molar-refractivity contribution < 1.29 is 26.9 Å². The van der Waals surface area contributed by atoms with Crippen LogP contribution in [0, 0.1) is 17.5 Å². The average molecular weight is 621 g/mol. The number of methoxy groups -OCH3 is 1. The smallest absolute Gasteiger partial charge is 0.169 e. The number of hydrogen-bond acceptors (Lipinski definition) is 6. The summed E-state index contributed by atoms with van der Waals surface area (Å²) in [5.41, 5.74) is 1.10. The highest BCUT2D eigenvalue weighted by atomic mass is 35.5. The Hall–Kier alpha value is -3.94. The fourth-order valence-electron chi connectivity index (χ4n) is 4.66. The SMILES string of the molecule is CNC(Cc1cc(F)cc(F)c1)C(=Nc1cc(OC)cc(F)c1C=O)N(C)c1ccc(Cl)c2c(NS(C)=O)nn(C)c12. The van der Waals surface area contributed by atoms with Crippen LogP contribution in [0.3, 0.4) is 0 Å². The molecule has 0 spiro atoms. The summed E-state index contributed by atoms with van der Waals surface area (Å²) >= 11 is 6.54. The molecule has 0 bridgehead atoms. The predicted octanol–water partition coefficient (Wildman–Crippen LogP) is 5.17. The van der Waals surface area contributed by atoms with Crippen molar-refractivity contribution in [3.8, 4) is 5.75 Å². The molecule has 9 nitrogen and oxygen atoms in total. The Balaban J connectivity index is 1.96. The Morgan fingerprint density at radius 2 is 1.90 bits per heavy atom. The van der Waals surface area contributed by atoms with Gasteiger partial charge in [0.15, 0.2) is 12.1 Å². The molecular weight excluding hydrogens is 593 g/mol. The maximum Gasteiger partial charge on any atom is 0.169 e. The number of aliphatic imine (C=N–C) groups is 1. The maximum absolute atomic E-state index is 14.9. The van der Waals surface area contributed by atoms with Crippen LogP contribution in [-0.4, -0.2) is 59.6 Å². The molecule has 0 fully saturated rings. The summed E-state index contributed by atoms with van der Waals surface area (Å²) in [4.78, 5) is 18.3. The number of aryl methyl sites for hydroxylation is 1. The van der Waals surface area contributed by atoms with Crippen molar-refractivity contribution in [3.05, 3.63) is 76.1 Å². The number of anilines is 2. The summed E-state index contributed by atoms with van der Waals surface area (Å²) < 4.78 is 64.5. The molecule has 2 N–H and O–H groups in total. The van der Waals surface area contributed by atoms with Gasteiger partial charge < -0.3 is 15.0 Å². The Morgan fingerprint density at radius 3 is 2.50 bits per heavy atom. The van der Waals surface area contributed by atoms with E-state index in [1.165, 1.54) is 31.6 Å². The van der Waals surface area contributed by atoms with Crippen LogP contribution < -0.4 is 19.7 Å². The monoisotopic (exact) mass is 620 g/mol. The van der Waals surface area contributed by atoms with Gasteiger partial charge in [0.2, 0.25) is 0 Å². The Kier molecular flexibility index (Phi) is 9.54. The minimum Gasteiger partial charge on any atom is -0.497 e. The van der Waals surface area contributed by atoms with Crippen molar-refractivity contribution >= 4 is 62.8 Å². The number of rotatable bonds is 10. The summed E-state index contributed by atoms with van der Waals surface area (Å²) in [5.74, 6) is -1.63. The molecule has 0 aliphatic carbocycles. The van der Waals surface area contributed by atoms with Gasteiger partial charge in [0.1, 0.15) is 40.0 Å². The van der Waals surface area contributed by atoms with E-state index in [-0.39, 0.29) is 29.3 Å². The number of fused-ring (bicyclic) bond motifs is 1. The molecule has 4 rings (SSSR count). The van der Waals surface area contributed by atoms with Crippen molar-refractivity contribution in [2.75, 3.05) is 37.1 Å². The standard InChI is InChI=1S/C28H28ClF3N6O3S/c1-33-23(10-15-8-16(30)11-17(31)9-15)28(34-22-13-18(41-4)12-21(32)19(22)14-39)37(2)24-7-6-20(29)25-26(24)38(3)35-27(25)36-42(5)40/h6-9,11-14,23,33H,10H2,1-5H3,(H,35,36). The lowest BCUT2D eigenvalue weighted by Crippen LogP contribution is -2.45. The predicted molar refractivity (Wildman–Crippen MR) is 160 cm³/mol. The quantitative estimate of drug-likeness (QED) is 0.144. The molecular formula is C28H28ClF3N6O3S. The summed E-state index contributed by atoms with van der Waals surface area (Å²) in [6.45, 7) is 0. The second-order valence-electron chi connectivity index (χ2n) is 9.33. The molecule has 0 radical (unpaired) electrons. The molecule has 42 heavy (non-hydrogen) atoms. The van der Waals surface area contributed by atoms with E-state index in [1.54, 1.807) is 42.9 Å². The van der Waals surface area contributed by atoms with Crippen LogP contribution in [0.5, 0.6) is 5.75 Å². The van der Waals surface area contributed by atoms with Crippen LogP contribution in [0.15, 0.2) is 47.5 Å². The van der Waals surface area contributed by atoms with Gasteiger partial charge in [-0.1, -0.05) is 11.6 Å². The summed E-state index contributed by atoms with van der Waals surface area (Å²) in [7, 11) is 4.92. The second-order valence-corrected chi connectivity index (χ2v) is 10.9. The minimum atomic E-state index is -1.44. The van der Waals surface area contributed by atoms with Crippen LogP contribution >= 0.6 is 11.6 Å². The van der Waals surface area contributed by atoms with Gasteiger partial charge >= 0.3 is 0 Å². The van der Waals surface area contributed by atoms with E-state index in [0.717, 1.165) is 12.1 Å². The number of carbonyl (C=O) groups excluding carboxylic acids is 1. The summed E-state index contributed by atoms with van der Waals surface area (Å²) in [6.07, 6.45) is 1.88. The van der Waals surface area contributed by atoms with E-state index in [9.17, 15) is 22.2 Å². The molecule has 2 unspecified atom stereocenters. The molecule has 0 saturated heterocycles. The van der Waals surface area contributed by atoms with Gasteiger partial charge in [-0.05, 0) is 43.3 Å². The number of carbonyl (C=O) groups is 1. The lowest BCUT2D eigenvalue weighted by Gasteiger charge is -2.29. The number of halogens is 4. The van der Waals surface area contributed by atoms with E-state index in [0.29, 0.717) is 39.3 Å². The Morgan fingerprint density at radius 1 is 1.21 bits per heavy atom. The van der Waals surface area contributed by atoms with E-state index >= 15 is 0 Å². The first-order valence-corrected chi connectivity index (χ1v) is 14.4. The first-order chi connectivity index (χ1) is 20.0. The van der Waals surface area contributed by atoms with Crippen molar-refractivity contribution in [3.63, 3.8) is 0 Å². The van der Waals surface area contributed by atoms with Gasteiger partial charge in [-0.3, -0.25) is 14.2 Å². The number of aldehydes is 1. The third-order valence-electron chi connectivity index (χ3n) is 6.55. The highest BCUT2D eigenvalue weighted by Gasteiger charge is 2.26. The van der Waals surface area contributed by atoms with E-state index < -0.39 is 34.5 Å². The summed E-state index contributed by atoms with van der Waals surface area (Å²) in [6, 6.07) is 8.32. The van der Waals surface area contributed by atoms with Crippen molar-refractivity contribution in [1.82, 2.24) is 15.1 Å². The zero-order valence-electron chi connectivity index (χ0n) is 23.3. The van der Waals surface area contributed by atoms with Crippen LogP contribution in [-0.2, 0) is 24.5 Å². The van der Waals surface area contributed by atoms with Crippen LogP contribution in [0.25, 0.3) is 10.9 Å². The van der Waals surface area contributed by atoms with E-state index in [2.05, 4.69) is 15.1 Å². The normalized spacial score (nSPS) is 13.2. The van der Waals surface area contributed by atoms with Crippen molar-refractivity contribution in [1.29, 1.82) is 0 Å². The Bertz CT molecular complexity index is 1690. The van der Waals surface area contributed by atoms with E-state index in [4.69, 9.17) is 21.3 Å². The first-order valence-electron chi connectivity index (χ1n) is 12.5. The molecule has 2 atom stereocenters. The number of aromatic nitrogens is 2. The molecule has 1 heterocycles. The maximum atomic E-state index is 14.9. The van der Waals surface area contributed by atoms with Crippen LogP contribution in [0.4, 0.5) is 30.4 Å². The van der Waals surface area contributed by atoms with E-state index in [1.807, 2.05) is 0 Å². The molecule has 222 valence electrons. The number of nitrogens with one attached hydrogen (secondary N) is 2. The number of benzene rings is 3.